The van der Waals surface area contributed by atoms with Crippen molar-refractivity contribution in [2.24, 2.45) is 0 Å². The average molecular weight is 328 g/mol. The number of rotatable bonds is 1. The lowest BCUT2D eigenvalue weighted by atomic mass is 10.2. The van der Waals surface area contributed by atoms with Crippen LogP contribution in [0.15, 0.2) is 63.8 Å². The number of hydrogen-bond acceptors (Lipinski definition) is 5. The fraction of sp³-hybridized carbons (Fsp3) is 0.0526. The first-order valence-electron chi connectivity index (χ1n) is 7.87. The Morgan fingerprint density at radius 2 is 1.64 bits per heavy atom. The smallest absolute Gasteiger partial charge is 0.364 e. The van der Waals surface area contributed by atoms with Crippen LogP contribution in [-0.4, -0.2) is 19.7 Å². The van der Waals surface area contributed by atoms with E-state index in [0.29, 0.717) is 28.0 Å². The van der Waals surface area contributed by atoms with Gasteiger partial charge >= 0.3 is 5.63 Å². The SMILES string of the molecule is Cc1nn(-c2ccccc2)c2nc3c(nc12)c(=O)oc1ccccc13. The highest BCUT2D eigenvalue weighted by Gasteiger charge is 2.17. The van der Waals surface area contributed by atoms with E-state index in [-0.39, 0.29) is 5.52 Å². The van der Waals surface area contributed by atoms with Gasteiger partial charge in [-0.3, -0.25) is 0 Å². The molecule has 0 saturated carbocycles. The Morgan fingerprint density at radius 1 is 0.880 bits per heavy atom. The molecule has 6 heteroatoms. The first-order chi connectivity index (χ1) is 12.2. The third kappa shape index (κ3) is 1.97. The Morgan fingerprint density at radius 3 is 2.48 bits per heavy atom. The normalized spacial score (nSPS) is 11.6. The molecule has 0 atom stereocenters. The van der Waals surface area contributed by atoms with E-state index in [9.17, 15) is 4.79 Å². The predicted octanol–water partition coefficient (Wildman–Crippen LogP) is 3.38. The number of fused-ring (bicyclic) bond motifs is 4. The van der Waals surface area contributed by atoms with E-state index in [1.165, 1.54) is 0 Å². The summed E-state index contributed by atoms with van der Waals surface area (Å²) < 4.78 is 7.12. The Balaban J connectivity index is 1.98. The van der Waals surface area contributed by atoms with E-state index in [0.717, 1.165) is 11.1 Å². The van der Waals surface area contributed by atoms with Gasteiger partial charge in [0.2, 0.25) is 0 Å². The van der Waals surface area contributed by atoms with Crippen LogP contribution in [0, 0.1) is 6.92 Å². The predicted molar refractivity (Wildman–Crippen MR) is 94.9 cm³/mol. The van der Waals surface area contributed by atoms with Crippen LogP contribution in [-0.2, 0) is 0 Å². The van der Waals surface area contributed by atoms with Gasteiger partial charge in [0.15, 0.2) is 11.2 Å². The molecule has 0 saturated heterocycles. The number of para-hydroxylation sites is 2. The van der Waals surface area contributed by atoms with Gasteiger partial charge in [-0.15, -0.1) is 0 Å². The summed E-state index contributed by atoms with van der Waals surface area (Å²) in [7, 11) is 0. The minimum Gasteiger partial charge on any atom is -0.421 e. The summed E-state index contributed by atoms with van der Waals surface area (Å²) in [5, 5.41) is 5.31. The largest absolute Gasteiger partial charge is 0.421 e. The summed E-state index contributed by atoms with van der Waals surface area (Å²) in [4.78, 5) is 21.6. The fourth-order valence-electron chi connectivity index (χ4n) is 3.04. The summed E-state index contributed by atoms with van der Waals surface area (Å²) >= 11 is 0. The van der Waals surface area contributed by atoms with Crippen molar-refractivity contribution in [1.82, 2.24) is 19.7 Å². The molecular formula is C19H12N4O2. The zero-order valence-corrected chi connectivity index (χ0v) is 13.3. The van der Waals surface area contributed by atoms with Gasteiger partial charge in [0, 0.05) is 5.39 Å². The highest BCUT2D eigenvalue weighted by molar-refractivity contribution is 6.02. The molecule has 2 aromatic carbocycles. The first-order valence-corrected chi connectivity index (χ1v) is 7.87. The third-order valence-corrected chi connectivity index (χ3v) is 4.21. The third-order valence-electron chi connectivity index (χ3n) is 4.21. The standard InChI is InChI=1S/C19H12N4O2/c1-11-15-18(23(22-11)12-7-3-2-4-8-12)21-16-13-9-5-6-10-14(13)25-19(24)17(16)20-15/h2-10H,1H3. The second kappa shape index (κ2) is 4.98. The number of benzene rings is 2. The maximum absolute atomic E-state index is 12.3. The van der Waals surface area contributed by atoms with Crippen LogP contribution in [0.1, 0.15) is 5.69 Å². The summed E-state index contributed by atoms with van der Waals surface area (Å²) in [6.07, 6.45) is 0. The van der Waals surface area contributed by atoms with Crippen molar-refractivity contribution in [3.8, 4) is 5.69 Å². The van der Waals surface area contributed by atoms with Crippen molar-refractivity contribution < 1.29 is 4.42 Å². The molecule has 0 aliphatic carbocycles. The molecule has 5 aromatic rings. The first kappa shape index (κ1) is 13.9. The van der Waals surface area contributed by atoms with E-state index in [1.807, 2.05) is 55.5 Å². The van der Waals surface area contributed by atoms with Gasteiger partial charge in [-0.05, 0) is 31.2 Å². The molecule has 0 bridgehead atoms. The molecule has 3 heterocycles. The van der Waals surface area contributed by atoms with Gasteiger partial charge in [0.25, 0.3) is 0 Å². The average Bonchev–Trinajstić information content (AvgIpc) is 2.98. The van der Waals surface area contributed by atoms with Gasteiger partial charge in [-0.2, -0.15) is 5.10 Å². The Labute approximate surface area is 141 Å². The quantitative estimate of drug-likeness (QED) is 0.348. The number of hydrogen-bond donors (Lipinski definition) is 0. The monoisotopic (exact) mass is 328 g/mol. The molecule has 6 nitrogen and oxygen atoms in total. The molecule has 0 radical (unpaired) electrons. The molecular weight excluding hydrogens is 316 g/mol. The molecule has 120 valence electrons. The van der Waals surface area contributed by atoms with Crippen molar-refractivity contribution >= 4 is 33.2 Å². The molecule has 0 aliphatic rings. The van der Waals surface area contributed by atoms with Crippen molar-refractivity contribution in [3.63, 3.8) is 0 Å². The highest BCUT2D eigenvalue weighted by Crippen LogP contribution is 2.25. The molecule has 25 heavy (non-hydrogen) atoms. The summed E-state index contributed by atoms with van der Waals surface area (Å²) in [5.74, 6) is 0. The van der Waals surface area contributed by atoms with Crippen molar-refractivity contribution in [2.45, 2.75) is 6.92 Å². The van der Waals surface area contributed by atoms with E-state index in [1.54, 1.807) is 10.7 Å². The molecule has 5 rings (SSSR count). The van der Waals surface area contributed by atoms with Crippen LogP contribution < -0.4 is 5.63 Å². The van der Waals surface area contributed by atoms with Crippen LogP contribution in [0.4, 0.5) is 0 Å². The number of aromatic nitrogens is 4. The second-order valence-corrected chi connectivity index (χ2v) is 5.81. The molecule has 0 unspecified atom stereocenters. The Bertz CT molecular complexity index is 1320. The molecule has 3 aromatic heterocycles. The molecule has 0 spiro atoms. The lowest BCUT2D eigenvalue weighted by Gasteiger charge is -2.04. The van der Waals surface area contributed by atoms with Crippen LogP contribution in [0.3, 0.4) is 0 Å². The Kier molecular flexibility index (Phi) is 2.76. The van der Waals surface area contributed by atoms with Gasteiger partial charge in [0.1, 0.15) is 16.6 Å². The van der Waals surface area contributed by atoms with Gasteiger partial charge < -0.3 is 4.42 Å². The minimum atomic E-state index is -0.491. The molecule has 0 N–H and O–H groups in total. The van der Waals surface area contributed by atoms with Gasteiger partial charge in [0.05, 0.1) is 11.4 Å². The Hall–Kier alpha value is -3.54. The summed E-state index contributed by atoms with van der Waals surface area (Å²) in [6, 6.07) is 17.1. The zero-order valence-electron chi connectivity index (χ0n) is 13.3. The molecule has 0 amide bonds. The van der Waals surface area contributed by atoms with Crippen molar-refractivity contribution in [3.05, 3.63) is 70.7 Å². The molecule has 0 fully saturated rings. The second-order valence-electron chi connectivity index (χ2n) is 5.81. The number of nitrogens with zero attached hydrogens (tertiary/aromatic N) is 4. The van der Waals surface area contributed by atoms with Gasteiger partial charge in [-0.25, -0.2) is 19.4 Å². The van der Waals surface area contributed by atoms with E-state index < -0.39 is 5.63 Å². The van der Waals surface area contributed by atoms with Crippen LogP contribution in [0.5, 0.6) is 0 Å². The summed E-state index contributed by atoms with van der Waals surface area (Å²) in [5.41, 5.74) is 3.57. The zero-order chi connectivity index (χ0) is 17.0. The topological polar surface area (TPSA) is 73.8 Å². The maximum Gasteiger partial charge on any atom is 0.364 e. The lowest BCUT2D eigenvalue weighted by Crippen LogP contribution is -2.05. The highest BCUT2D eigenvalue weighted by atomic mass is 16.4. The van der Waals surface area contributed by atoms with E-state index in [4.69, 9.17) is 9.40 Å². The number of aryl methyl sites for hydroxylation is 1. The van der Waals surface area contributed by atoms with E-state index in [2.05, 4.69) is 10.1 Å². The van der Waals surface area contributed by atoms with Crippen LogP contribution in [0.2, 0.25) is 0 Å². The summed E-state index contributed by atoms with van der Waals surface area (Å²) in [6.45, 7) is 1.85. The van der Waals surface area contributed by atoms with Crippen LogP contribution >= 0.6 is 0 Å². The van der Waals surface area contributed by atoms with E-state index >= 15 is 0 Å². The molecule has 0 aliphatic heterocycles. The minimum absolute atomic E-state index is 0.224. The van der Waals surface area contributed by atoms with Gasteiger partial charge in [-0.1, -0.05) is 30.3 Å². The van der Waals surface area contributed by atoms with Crippen molar-refractivity contribution in [2.75, 3.05) is 0 Å². The lowest BCUT2D eigenvalue weighted by molar-refractivity contribution is 0.568. The maximum atomic E-state index is 12.3. The fourth-order valence-corrected chi connectivity index (χ4v) is 3.04. The van der Waals surface area contributed by atoms with Crippen LogP contribution in [0.25, 0.3) is 38.9 Å². The van der Waals surface area contributed by atoms with Crippen molar-refractivity contribution in [1.29, 1.82) is 0 Å².